The van der Waals surface area contributed by atoms with Gasteiger partial charge in [0.1, 0.15) is 0 Å². The van der Waals surface area contributed by atoms with E-state index in [1.165, 1.54) is 0 Å². The summed E-state index contributed by atoms with van der Waals surface area (Å²) in [5.74, 6) is 0.0615. The summed E-state index contributed by atoms with van der Waals surface area (Å²) < 4.78 is 13.3. The van der Waals surface area contributed by atoms with Crippen LogP contribution in [0.4, 0.5) is 4.39 Å². The summed E-state index contributed by atoms with van der Waals surface area (Å²) in [6.07, 6.45) is 5.30. The summed E-state index contributed by atoms with van der Waals surface area (Å²) in [4.78, 5) is 13.5. The Labute approximate surface area is 139 Å². The largest absolute Gasteiger partial charge is 0.288 e. The molecule has 21 heavy (non-hydrogen) atoms. The average molecular weight is 345 g/mol. The second kappa shape index (κ2) is 10.4. The van der Waals surface area contributed by atoms with E-state index in [-0.39, 0.29) is 17.7 Å². The molecule has 0 aromatic heterocycles. The van der Waals surface area contributed by atoms with Crippen LogP contribution in [-0.4, -0.2) is 30.2 Å². The summed E-state index contributed by atoms with van der Waals surface area (Å²) in [7, 11) is 0. The maximum atomic E-state index is 12.7. The number of carbonyl (C=O) groups is 1. The molecular formula is C16H21FOS3. The van der Waals surface area contributed by atoms with Crippen LogP contribution in [-0.2, 0) is 0 Å². The summed E-state index contributed by atoms with van der Waals surface area (Å²) >= 11 is 4.75. The maximum absolute atomic E-state index is 12.7. The van der Waals surface area contributed by atoms with Crippen LogP contribution in [0.25, 0.3) is 0 Å². The third kappa shape index (κ3) is 6.09. The Bertz CT molecular complexity index is 468. The number of hydrogen-bond acceptors (Lipinski definition) is 4. The second-order valence-corrected chi connectivity index (χ2v) is 7.82. The van der Waals surface area contributed by atoms with Crippen molar-refractivity contribution in [3.05, 3.63) is 45.0 Å². The summed E-state index contributed by atoms with van der Waals surface area (Å²) in [6, 6.07) is 9.34. The molecule has 0 saturated heterocycles. The first-order valence-electron chi connectivity index (χ1n) is 6.78. The Morgan fingerprint density at radius 3 is 2.33 bits per heavy atom. The Balaban J connectivity index is 2.98. The van der Waals surface area contributed by atoms with Crippen LogP contribution in [0.1, 0.15) is 30.1 Å². The van der Waals surface area contributed by atoms with Gasteiger partial charge < -0.3 is 0 Å². The quantitative estimate of drug-likeness (QED) is 0.426. The molecule has 1 nitrogen and oxygen atoms in total. The first-order chi connectivity index (χ1) is 10.1. The molecule has 5 heteroatoms. The highest BCUT2D eigenvalue weighted by atomic mass is 32.2. The summed E-state index contributed by atoms with van der Waals surface area (Å²) in [5.41, 5.74) is 0.707. The van der Waals surface area contributed by atoms with E-state index in [4.69, 9.17) is 0 Å². The number of rotatable bonds is 9. The number of hydrogen-bond donors (Lipinski definition) is 0. The van der Waals surface area contributed by atoms with E-state index in [9.17, 15) is 9.18 Å². The molecular weight excluding hydrogens is 323 g/mol. The fourth-order valence-corrected chi connectivity index (χ4v) is 4.83. The lowest BCUT2D eigenvalue weighted by Gasteiger charge is -2.15. The van der Waals surface area contributed by atoms with Gasteiger partial charge in [-0.1, -0.05) is 37.3 Å². The zero-order valence-electron chi connectivity index (χ0n) is 12.6. The minimum Gasteiger partial charge on any atom is -0.288 e. The third-order valence-corrected chi connectivity index (χ3v) is 6.53. The van der Waals surface area contributed by atoms with Crippen molar-refractivity contribution in [1.29, 1.82) is 0 Å². The fourth-order valence-electron chi connectivity index (χ4n) is 1.81. The van der Waals surface area contributed by atoms with Crippen molar-refractivity contribution in [3.63, 3.8) is 0 Å². The number of ketones is 1. The highest BCUT2D eigenvalue weighted by molar-refractivity contribution is 8.22. The van der Waals surface area contributed by atoms with Gasteiger partial charge in [-0.2, -0.15) is 0 Å². The maximum Gasteiger partial charge on any atom is 0.201 e. The van der Waals surface area contributed by atoms with E-state index < -0.39 is 0 Å². The predicted molar refractivity (Wildman–Crippen MR) is 97.1 cm³/mol. The zero-order chi connectivity index (χ0) is 15.7. The Hall–Kier alpha value is -0.390. The van der Waals surface area contributed by atoms with Crippen molar-refractivity contribution in [1.82, 2.24) is 0 Å². The van der Waals surface area contributed by atoms with E-state index in [1.54, 1.807) is 35.3 Å². The van der Waals surface area contributed by atoms with E-state index in [0.29, 0.717) is 12.0 Å². The molecule has 1 aromatic carbocycles. The monoisotopic (exact) mass is 344 g/mol. The molecule has 1 atom stereocenters. The average Bonchev–Trinajstić information content (AvgIpc) is 2.53. The van der Waals surface area contributed by atoms with Gasteiger partial charge in [-0.25, -0.2) is 0 Å². The van der Waals surface area contributed by atoms with Crippen LogP contribution in [0.5, 0.6) is 0 Å². The van der Waals surface area contributed by atoms with Crippen molar-refractivity contribution in [2.24, 2.45) is 0 Å². The number of carbonyl (C=O) groups excluding carboxylic acids is 1. The molecule has 116 valence electrons. The van der Waals surface area contributed by atoms with E-state index in [2.05, 4.69) is 6.92 Å². The van der Waals surface area contributed by atoms with Gasteiger partial charge in [-0.3, -0.25) is 9.18 Å². The van der Waals surface area contributed by atoms with Crippen molar-refractivity contribution >= 4 is 41.1 Å². The van der Waals surface area contributed by atoms with Gasteiger partial charge in [0.05, 0.1) is 15.8 Å². The summed E-state index contributed by atoms with van der Waals surface area (Å²) in [5, 5.41) is 0.234. The molecule has 0 fully saturated rings. The number of alkyl halides is 1. The van der Waals surface area contributed by atoms with Crippen LogP contribution < -0.4 is 0 Å². The molecule has 0 radical (unpaired) electrons. The molecule has 1 rings (SSSR count). The SMILES string of the molecule is CSC(SC)=C(SC(C)CCCF)C(=O)c1ccccc1. The Morgan fingerprint density at radius 1 is 1.19 bits per heavy atom. The van der Waals surface area contributed by atoms with Crippen molar-refractivity contribution in [2.45, 2.75) is 25.0 Å². The van der Waals surface area contributed by atoms with Crippen LogP contribution >= 0.6 is 35.3 Å². The molecule has 0 aliphatic carbocycles. The number of thioether (sulfide) groups is 3. The molecule has 0 aliphatic rings. The molecule has 0 aliphatic heterocycles. The standard InChI is InChI=1S/C16H21FOS3/c1-12(8-7-11-17)21-15(16(19-2)20-3)14(18)13-9-5-4-6-10-13/h4-6,9-10,12H,7-8,11H2,1-3H3. The Kier molecular flexibility index (Phi) is 9.20. The molecule has 1 aromatic rings. The lowest BCUT2D eigenvalue weighted by atomic mass is 10.1. The molecule has 0 heterocycles. The first-order valence-corrected chi connectivity index (χ1v) is 10.1. The van der Waals surface area contributed by atoms with Crippen LogP contribution in [0.2, 0.25) is 0 Å². The molecule has 0 N–H and O–H groups in total. The summed E-state index contributed by atoms with van der Waals surface area (Å²) in [6.45, 7) is 1.76. The van der Waals surface area contributed by atoms with E-state index >= 15 is 0 Å². The van der Waals surface area contributed by atoms with Crippen LogP contribution in [0.3, 0.4) is 0 Å². The smallest absolute Gasteiger partial charge is 0.201 e. The zero-order valence-corrected chi connectivity index (χ0v) is 15.0. The van der Waals surface area contributed by atoms with Gasteiger partial charge in [-0.05, 0) is 25.4 Å². The number of benzene rings is 1. The molecule has 0 spiro atoms. The van der Waals surface area contributed by atoms with Gasteiger partial charge in [-0.15, -0.1) is 35.3 Å². The lowest BCUT2D eigenvalue weighted by molar-refractivity contribution is 0.104. The topological polar surface area (TPSA) is 17.1 Å². The molecule has 1 unspecified atom stereocenters. The van der Waals surface area contributed by atoms with Crippen LogP contribution in [0.15, 0.2) is 39.5 Å². The van der Waals surface area contributed by atoms with Gasteiger partial charge in [0.15, 0.2) is 0 Å². The van der Waals surface area contributed by atoms with Crippen molar-refractivity contribution < 1.29 is 9.18 Å². The molecule has 0 amide bonds. The number of allylic oxidation sites excluding steroid dienone is 1. The van der Waals surface area contributed by atoms with Gasteiger partial charge in [0, 0.05) is 10.8 Å². The van der Waals surface area contributed by atoms with Crippen LogP contribution in [0, 0.1) is 0 Å². The minimum atomic E-state index is -0.297. The van der Waals surface area contributed by atoms with Crippen molar-refractivity contribution in [3.8, 4) is 0 Å². The normalized spacial score (nSPS) is 12.0. The lowest BCUT2D eigenvalue weighted by Crippen LogP contribution is -2.07. The molecule has 0 saturated carbocycles. The number of halogens is 1. The number of Topliss-reactive ketones (excluding diaryl/α,β-unsaturated/α-hetero) is 1. The van der Waals surface area contributed by atoms with Gasteiger partial charge in [0.2, 0.25) is 5.78 Å². The fraction of sp³-hybridized carbons (Fsp3) is 0.438. The third-order valence-electron chi connectivity index (χ3n) is 2.86. The highest BCUT2D eigenvalue weighted by Crippen LogP contribution is 2.38. The van der Waals surface area contributed by atoms with E-state index in [1.807, 2.05) is 42.8 Å². The van der Waals surface area contributed by atoms with Gasteiger partial charge in [0.25, 0.3) is 0 Å². The predicted octanol–water partition coefficient (Wildman–Crippen LogP) is 5.64. The van der Waals surface area contributed by atoms with E-state index in [0.717, 1.165) is 15.6 Å². The van der Waals surface area contributed by atoms with Gasteiger partial charge >= 0.3 is 0 Å². The second-order valence-electron chi connectivity index (χ2n) is 4.48. The van der Waals surface area contributed by atoms with Crippen molar-refractivity contribution in [2.75, 3.05) is 19.2 Å². The minimum absolute atomic E-state index is 0.0615. The Morgan fingerprint density at radius 2 is 1.81 bits per heavy atom. The molecule has 0 bridgehead atoms. The highest BCUT2D eigenvalue weighted by Gasteiger charge is 2.20. The first kappa shape index (κ1) is 18.7.